The van der Waals surface area contributed by atoms with Crippen molar-refractivity contribution in [2.45, 2.75) is 0 Å². The minimum atomic E-state index is 0.756. The standard InChI is InChI=1S/C37H23N7/c1-2-11-31-28(8-1)33-36(43(31)26-17-13-24(14-18-26)29-9-3-5-21-38-29)42-37-35(41-33)34-32(12-7-23-40-34)44(37)27-19-15-25(16-20-27)30-10-4-6-22-39-30/h1-23H. The number of para-hydroxylation sites is 1. The van der Waals surface area contributed by atoms with Crippen LogP contribution < -0.4 is 0 Å². The van der Waals surface area contributed by atoms with E-state index in [0.717, 1.165) is 78.2 Å². The van der Waals surface area contributed by atoms with E-state index in [0.29, 0.717) is 0 Å². The highest BCUT2D eigenvalue weighted by Crippen LogP contribution is 2.35. The molecule has 206 valence electrons. The molecule has 0 unspecified atom stereocenters. The fraction of sp³-hybridized carbons (Fsp3) is 0. The summed E-state index contributed by atoms with van der Waals surface area (Å²) in [5.41, 5.74) is 12.0. The molecule has 0 radical (unpaired) electrons. The molecular weight excluding hydrogens is 542 g/mol. The van der Waals surface area contributed by atoms with Gasteiger partial charge < -0.3 is 0 Å². The molecule has 0 saturated heterocycles. The zero-order valence-electron chi connectivity index (χ0n) is 23.4. The number of fused-ring (bicyclic) bond motifs is 6. The number of benzene rings is 3. The lowest BCUT2D eigenvalue weighted by Crippen LogP contribution is -2.00. The SMILES string of the molecule is c1ccc(-c2ccc(-n3c4ccccc4c4nc5c6ncccc6n(-c6ccc(-c7ccccn7)cc6)c5nc43)cc2)nc1. The van der Waals surface area contributed by atoms with E-state index in [-0.39, 0.29) is 0 Å². The molecule has 7 heteroatoms. The minimum absolute atomic E-state index is 0.756. The molecule has 9 rings (SSSR count). The number of hydrogen-bond donors (Lipinski definition) is 0. The Bertz CT molecular complexity index is 2290. The van der Waals surface area contributed by atoms with Crippen LogP contribution in [0.4, 0.5) is 0 Å². The molecular formula is C37H23N7. The molecule has 9 aromatic rings. The van der Waals surface area contributed by atoms with Crippen LogP contribution in [-0.2, 0) is 0 Å². The van der Waals surface area contributed by atoms with Crippen molar-refractivity contribution in [2.75, 3.05) is 0 Å². The van der Waals surface area contributed by atoms with Crippen LogP contribution in [0.15, 0.2) is 140 Å². The monoisotopic (exact) mass is 565 g/mol. The zero-order chi connectivity index (χ0) is 29.0. The van der Waals surface area contributed by atoms with Crippen LogP contribution >= 0.6 is 0 Å². The van der Waals surface area contributed by atoms with E-state index in [1.807, 2.05) is 67.1 Å². The van der Waals surface area contributed by atoms with Crippen LogP contribution in [0.5, 0.6) is 0 Å². The molecule has 6 heterocycles. The Morgan fingerprint density at radius 3 is 1.57 bits per heavy atom. The molecule has 0 aliphatic carbocycles. The van der Waals surface area contributed by atoms with Crippen LogP contribution in [-0.4, -0.2) is 34.1 Å². The van der Waals surface area contributed by atoms with Crippen LogP contribution in [0.3, 0.4) is 0 Å². The molecule has 0 bridgehead atoms. The van der Waals surface area contributed by atoms with Crippen molar-refractivity contribution in [3.05, 3.63) is 140 Å². The third-order valence-electron chi connectivity index (χ3n) is 8.11. The van der Waals surface area contributed by atoms with Gasteiger partial charge in [0.15, 0.2) is 11.3 Å². The normalized spacial score (nSPS) is 11.6. The van der Waals surface area contributed by atoms with Gasteiger partial charge in [0.25, 0.3) is 0 Å². The predicted octanol–water partition coefficient (Wildman–Crippen LogP) is 8.19. The highest BCUT2D eigenvalue weighted by Gasteiger charge is 2.21. The molecule has 7 nitrogen and oxygen atoms in total. The van der Waals surface area contributed by atoms with Gasteiger partial charge in [-0.2, -0.15) is 0 Å². The maximum atomic E-state index is 5.36. The van der Waals surface area contributed by atoms with Gasteiger partial charge in [-0.3, -0.25) is 24.1 Å². The highest BCUT2D eigenvalue weighted by molar-refractivity contribution is 6.11. The summed E-state index contributed by atoms with van der Waals surface area (Å²) < 4.78 is 4.34. The maximum absolute atomic E-state index is 5.36. The lowest BCUT2D eigenvalue weighted by molar-refractivity contribution is 1.10. The van der Waals surface area contributed by atoms with E-state index in [1.165, 1.54) is 0 Å². The third kappa shape index (κ3) is 3.73. The highest BCUT2D eigenvalue weighted by atomic mass is 15.1. The Labute approximate surface area is 251 Å². The van der Waals surface area contributed by atoms with E-state index in [9.17, 15) is 0 Å². The topological polar surface area (TPSA) is 74.3 Å². The second kappa shape index (κ2) is 9.68. The molecule has 0 amide bonds. The molecule has 0 atom stereocenters. The van der Waals surface area contributed by atoms with Crippen molar-refractivity contribution < 1.29 is 0 Å². The van der Waals surface area contributed by atoms with Crippen LogP contribution in [0.1, 0.15) is 0 Å². The molecule has 0 saturated carbocycles. The Kier molecular flexibility index (Phi) is 5.36. The number of rotatable bonds is 4. The van der Waals surface area contributed by atoms with Crippen molar-refractivity contribution in [3.8, 4) is 33.9 Å². The molecule has 3 aromatic carbocycles. The fourth-order valence-corrected chi connectivity index (χ4v) is 6.08. The second-order valence-electron chi connectivity index (χ2n) is 10.7. The lowest BCUT2D eigenvalue weighted by atomic mass is 10.1. The first kappa shape index (κ1) is 24.4. The Morgan fingerprint density at radius 2 is 0.932 bits per heavy atom. The Balaban J connectivity index is 1.29. The van der Waals surface area contributed by atoms with E-state index in [1.54, 1.807) is 0 Å². The molecule has 0 aliphatic heterocycles. The van der Waals surface area contributed by atoms with Crippen molar-refractivity contribution in [1.29, 1.82) is 0 Å². The van der Waals surface area contributed by atoms with Crippen LogP contribution in [0.25, 0.3) is 78.2 Å². The van der Waals surface area contributed by atoms with Gasteiger partial charge in [0.05, 0.1) is 22.4 Å². The van der Waals surface area contributed by atoms with E-state index >= 15 is 0 Å². The number of nitrogens with zero attached hydrogens (tertiary/aromatic N) is 7. The molecule has 0 N–H and O–H groups in total. The van der Waals surface area contributed by atoms with Gasteiger partial charge in [-0.15, -0.1) is 0 Å². The predicted molar refractivity (Wildman–Crippen MR) is 175 cm³/mol. The minimum Gasteiger partial charge on any atom is -0.292 e. The van der Waals surface area contributed by atoms with Crippen LogP contribution in [0, 0.1) is 0 Å². The van der Waals surface area contributed by atoms with Gasteiger partial charge in [-0.1, -0.05) is 54.6 Å². The molecule has 0 spiro atoms. The van der Waals surface area contributed by atoms with E-state index in [4.69, 9.17) is 15.0 Å². The second-order valence-corrected chi connectivity index (χ2v) is 10.7. The van der Waals surface area contributed by atoms with Gasteiger partial charge in [-0.05, 0) is 66.7 Å². The largest absolute Gasteiger partial charge is 0.292 e. The number of hydrogen-bond acceptors (Lipinski definition) is 5. The summed E-state index contributed by atoms with van der Waals surface area (Å²) in [4.78, 5) is 24.4. The first-order valence-electron chi connectivity index (χ1n) is 14.4. The Morgan fingerprint density at radius 1 is 0.386 bits per heavy atom. The van der Waals surface area contributed by atoms with Gasteiger partial charge in [-0.25, -0.2) is 9.97 Å². The smallest absolute Gasteiger partial charge is 0.168 e. The van der Waals surface area contributed by atoms with Gasteiger partial charge in [0, 0.05) is 46.5 Å². The van der Waals surface area contributed by atoms with Crippen molar-refractivity contribution in [1.82, 2.24) is 34.1 Å². The first-order valence-corrected chi connectivity index (χ1v) is 14.4. The van der Waals surface area contributed by atoms with E-state index in [2.05, 4.69) is 91.9 Å². The fourth-order valence-electron chi connectivity index (χ4n) is 6.08. The van der Waals surface area contributed by atoms with Crippen molar-refractivity contribution in [3.63, 3.8) is 0 Å². The number of aromatic nitrogens is 7. The summed E-state index contributed by atoms with van der Waals surface area (Å²) in [5, 5.41) is 1.04. The van der Waals surface area contributed by atoms with Gasteiger partial charge in [0.1, 0.15) is 16.6 Å². The summed E-state index contributed by atoms with van der Waals surface area (Å²) in [7, 11) is 0. The third-order valence-corrected chi connectivity index (χ3v) is 8.11. The average Bonchev–Trinajstić information content (AvgIpc) is 3.60. The van der Waals surface area contributed by atoms with Crippen molar-refractivity contribution in [2.24, 2.45) is 0 Å². The lowest BCUT2D eigenvalue weighted by Gasteiger charge is -2.10. The van der Waals surface area contributed by atoms with E-state index < -0.39 is 0 Å². The number of pyridine rings is 3. The average molecular weight is 566 g/mol. The summed E-state index contributed by atoms with van der Waals surface area (Å²) in [5.74, 6) is 0. The quantitative estimate of drug-likeness (QED) is 0.215. The van der Waals surface area contributed by atoms with Gasteiger partial charge >= 0.3 is 0 Å². The first-order chi connectivity index (χ1) is 21.8. The summed E-state index contributed by atoms with van der Waals surface area (Å²) in [6, 6.07) is 41.1. The zero-order valence-corrected chi connectivity index (χ0v) is 23.4. The van der Waals surface area contributed by atoms with Crippen molar-refractivity contribution >= 4 is 44.3 Å². The molecule has 0 fully saturated rings. The summed E-state index contributed by atoms with van der Waals surface area (Å²) >= 11 is 0. The summed E-state index contributed by atoms with van der Waals surface area (Å²) in [6.45, 7) is 0. The Hall–Kier alpha value is -6.21. The molecule has 6 aromatic heterocycles. The maximum Gasteiger partial charge on any atom is 0.168 e. The summed E-state index contributed by atoms with van der Waals surface area (Å²) in [6.07, 6.45) is 5.44. The van der Waals surface area contributed by atoms with Gasteiger partial charge in [0.2, 0.25) is 0 Å². The molecule has 0 aliphatic rings. The van der Waals surface area contributed by atoms with Crippen LogP contribution in [0.2, 0.25) is 0 Å². The molecule has 44 heavy (non-hydrogen) atoms.